The third kappa shape index (κ3) is 4.41. The predicted octanol–water partition coefficient (Wildman–Crippen LogP) is 6.96. The minimum Gasteiger partial charge on any atom is -0.342 e. The average Bonchev–Trinajstić information content (AvgIpc) is 3.33. The van der Waals surface area contributed by atoms with Crippen LogP contribution >= 0.6 is 0 Å². The number of imide groups is 2. The van der Waals surface area contributed by atoms with Crippen LogP contribution < -0.4 is 10.2 Å². The molecule has 1 aromatic heterocycles. The van der Waals surface area contributed by atoms with Crippen molar-refractivity contribution in [2.24, 2.45) is 17.8 Å². The van der Waals surface area contributed by atoms with Crippen LogP contribution in [0.1, 0.15) is 55.2 Å². The number of amides is 4. The van der Waals surface area contributed by atoms with Gasteiger partial charge in [0.05, 0.1) is 5.69 Å². The van der Waals surface area contributed by atoms with Crippen molar-refractivity contribution < 1.29 is 18.8 Å². The quantitative estimate of drug-likeness (QED) is 0.207. The first-order chi connectivity index (χ1) is 20.8. The van der Waals surface area contributed by atoms with Crippen molar-refractivity contribution in [1.29, 1.82) is 0 Å². The molecule has 6 nitrogen and oxygen atoms in total. The SMILES string of the molecule is O=C1NC(=O)N(c2ccc(C34CC5CC(CC(C5)C3)C4)cc2)C(=O)/C1=C/c1cn(Cc2ccc(F)cc2)c2ccccc12. The number of benzene rings is 3. The Balaban J connectivity index is 1.10. The molecule has 7 heteroatoms. The summed E-state index contributed by atoms with van der Waals surface area (Å²) < 4.78 is 15.5. The number of halogens is 1. The van der Waals surface area contributed by atoms with E-state index >= 15 is 0 Å². The van der Waals surface area contributed by atoms with Crippen LogP contribution in [0, 0.1) is 23.6 Å². The van der Waals surface area contributed by atoms with Crippen molar-refractivity contribution in [1.82, 2.24) is 9.88 Å². The van der Waals surface area contributed by atoms with Gasteiger partial charge in [-0.15, -0.1) is 0 Å². The number of para-hydroxylation sites is 1. The van der Waals surface area contributed by atoms with Gasteiger partial charge in [0.1, 0.15) is 11.4 Å². The number of urea groups is 1. The van der Waals surface area contributed by atoms with Crippen molar-refractivity contribution in [3.05, 3.63) is 107 Å². The van der Waals surface area contributed by atoms with Gasteiger partial charge in [-0.2, -0.15) is 0 Å². The zero-order chi connectivity index (χ0) is 29.3. The van der Waals surface area contributed by atoms with Crippen LogP contribution in [0.15, 0.2) is 84.6 Å². The fourth-order valence-electron chi connectivity index (χ4n) is 8.78. The summed E-state index contributed by atoms with van der Waals surface area (Å²) >= 11 is 0. The Hall–Kier alpha value is -4.52. The molecule has 9 rings (SSSR count). The molecule has 1 aliphatic heterocycles. The van der Waals surface area contributed by atoms with E-state index in [1.165, 1.54) is 56.2 Å². The van der Waals surface area contributed by atoms with Crippen molar-refractivity contribution in [3.8, 4) is 0 Å². The van der Waals surface area contributed by atoms with Gasteiger partial charge in [-0.3, -0.25) is 14.9 Å². The number of fused-ring (bicyclic) bond motifs is 1. The highest BCUT2D eigenvalue weighted by atomic mass is 19.1. The third-order valence-corrected chi connectivity index (χ3v) is 10.3. The summed E-state index contributed by atoms with van der Waals surface area (Å²) in [7, 11) is 0. The molecule has 4 amide bonds. The van der Waals surface area contributed by atoms with Crippen molar-refractivity contribution in [2.75, 3.05) is 4.90 Å². The summed E-state index contributed by atoms with van der Waals surface area (Å²) in [5, 5.41) is 3.23. The molecule has 0 spiro atoms. The van der Waals surface area contributed by atoms with Crippen molar-refractivity contribution >= 4 is 40.5 Å². The lowest BCUT2D eigenvalue weighted by Gasteiger charge is -2.57. The molecule has 0 radical (unpaired) electrons. The van der Waals surface area contributed by atoms with Crippen LogP contribution in [0.2, 0.25) is 0 Å². The Labute approximate surface area is 249 Å². The highest BCUT2D eigenvalue weighted by Crippen LogP contribution is 2.60. The molecule has 3 aromatic carbocycles. The first-order valence-electron chi connectivity index (χ1n) is 15.2. The molecule has 43 heavy (non-hydrogen) atoms. The van der Waals surface area contributed by atoms with E-state index in [9.17, 15) is 18.8 Å². The maximum atomic E-state index is 13.8. The maximum absolute atomic E-state index is 13.8. The highest BCUT2D eigenvalue weighted by molar-refractivity contribution is 6.39. The highest BCUT2D eigenvalue weighted by Gasteiger charge is 2.51. The Morgan fingerprint density at radius 1 is 0.837 bits per heavy atom. The lowest BCUT2D eigenvalue weighted by atomic mass is 9.48. The first-order valence-corrected chi connectivity index (χ1v) is 15.2. The molecule has 0 atom stereocenters. The van der Waals surface area contributed by atoms with E-state index in [1.807, 2.05) is 47.2 Å². The summed E-state index contributed by atoms with van der Waals surface area (Å²) in [6.07, 6.45) is 11.2. The minimum absolute atomic E-state index is 0.102. The summed E-state index contributed by atoms with van der Waals surface area (Å²) in [6.45, 7) is 0.491. The van der Waals surface area contributed by atoms with Gasteiger partial charge in [0.2, 0.25) is 0 Å². The number of anilines is 1. The number of nitrogens with one attached hydrogen (secondary N) is 1. The summed E-state index contributed by atoms with van der Waals surface area (Å²) in [5.74, 6) is 0.801. The van der Waals surface area contributed by atoms with Crippen LogP contribution in [0.5, 0.6) is 0 Å². The standard InChI is InChI=1S/C36H32FN3O3/c37-28-9-5-22(6-10-28)20-39-21-26(30-3-1-2-4-32(30)39)16-31-33(41)38-35(43)40(34(31)42)29-11-7-27(8-12-29)36-17-23-13-24(18-36)15-25(14-23)19-36/h1-12,16,21,23-25H,13-15,17-20H2,(H,38,41,43)/b31-16+. The summed E-state index contributed by atoms with van der Waals surface area (Å²) in [6, 6.07) is 21.2. The van der Waals surface area contributed by atoms with E-state index in [-0.39, 0.29) is 16.8 Å². The largest absolute Gasteiger partial charge is 0.342 e. The van der Waals surface area contributed by atoms with E-state index in [2.05, 4.69) is 17.4 Å². The number of carbonyl (C=O) groups is 3. The van der Waals surface area contributed by atoms with Gasteiger partial charge in [0.15, 0.2) is 0 Å². The van der Waals surface area contributed by atoms with Crippen LogP contribution in [-0.2, 0) is 21.5 Å². The van der Waals surface area contributed by atoms with E-state index < -0.39 is 17.8 Å². The molecule has 4 aromatic rings. The normalized spacial score (nSPS) is 27.4. The molecular weight excluding hydrogens is 541 g/mol. The molecular formula is C36H32FN3O3. The number of barbiturate groups is 1. The molecule has 1 saturated heterocycles. The average molecular weight is 574 g/mol. The van der Waals surface area contributed by atoms with E-state index in [0.717, 1.165) is 39.1 Å². The van der Waals surface area contributed by atoms with Crippen LogP contribution in [-0.4, -0.2) is 22.4 Å². The van der Waals surface area contributed by atoms with E-state index in [4.69, 9.17) is 0 Å². The Kier molecular flexibility index (Phi) is 5.93. The number of carbonyl (C=O) groups excluding carboxylic acids is 3. The second-order valence-corrected chi connectivity index (χ2v) is 13.1. The zero-order valence-corrected chi connectivity index (χ0v) is 23.8. The second-order valence-electron chi connectivity index (χ2n) is 13.1. The van der Waals surface area contributed by atoms with Gasteiger partial charge in [0.25, 0.3) is 11.8 Å². The summed E-state index contributed by atoms with van der Waals surface area (Å²) in [5.41, 5.74) is 4.38. The van der Waals surface area contributed by atoms with Crippen molar-refractivity contribution in [3.63, 3.8) is 0 Å². The molecule has 4 bridgehead atoms. The fraction of sp³-hybridized carbons (Fsp3) is 0.306. The molecule has 4 aliphatic carbocycles. The van der Waals surface area contributed by atoms with Gasteiger partial charge < -0.3 is 4.57 Å². The van der Waals surface area contributed by atoms with Gasteiger partial charge in [-0.25, -0.2) is 14.1 Å². The molecule has 2 heterocycles. The fourth-order valence-corrected chi connectivity index (χ4v) is 8.78. The predicted molar refractivity (Wildman–Crippen MR) is 163 cm³/mol. The lowest BCUT2D eigenvalue weighted by molar-refractivity contribution is -0.122. The molecule has 0 unspecified atom stereocenters. The zero-order valence-electron chi connectivity index (χ0n) is 23.8. The molecule has 1 N–H and O–H groups in total. The lowest BCUT2D eigenvalue weighted by Crippen LogP contribution is -2.54. The molecule has 4 saturated carbocycles. The Morgan fingerprint density at radius 3 is 2.16 bits per heavy atom. The number of aromatic nitrogens is 1. The molecule has 5 aliphatic rings. The topological polar surface area (TPSA) is 71.4 Å². The monoisotopic (exact) mass is 573 g/mol. The summed E-state index contributed by atoms with van der Waals surface area (Å²) in [4.78, 5) is 40.8. The number of hydrogen-bond donors (Lipinski definition) is 1. The molecule has 5 fully saturated rings. The number of rotatable bonds is 5. The van der Waals surface area contributed by atoms with E-state index in [1.54, 1.807) is 18.2 Å². The second kappa shape index (κ2) is 9.76. The van der Waals surface area contributed by atoms with Crippen LogP contribution in [0.4, 0.5) is 14.9 Å². The van der Waals surface area contributed by atoms with Crippen LogP contribution in [0.3, 0.4) is 0 Å². The smallest absolute Gasteiger partial charge is 0.335 e. The molecule has 216 valence electrons. The van der Waals surface area contributed by atoms with Crippen molar-refractivity contribution in [2.45, 2.75) is 50.5 Å². The number of nitrogens with zero attached hydrogens (tertiary/aromatic N) is 2. The van der Waals surface area contributed by atoms with Gasteiger partial charge in [-0.05, 0) is 109 Å². The van der Waals surface area contributed by atoms with Gasteiger partial charge in [-0.1, -0.05) is 42.5 Å². The van der Waals surface area contributed by atoms with Crippen LogP contribution in [0.25, 0.3) is 17.0 Å². The van der Waals surface area contributed by atoms with E-state index in [0.29, 0.717) is 17.8 Å². The van der Waals surface area contributed by atoms with Gasteiger partial charge >= 0.3 is 6.03 Å². The first kappa shape index (κ1) is 26.1. The third-order valence-electron chi connectivity index (χ3n) is 10.3. The Bertz CT molecular complexity index is 1780. The maximum Gasteiger partial charge on any atom is 0.335 e. The number of hydrogen-bond acceptors (Lipinski definition) is 3. The van der Waals surface area contributed by atoms with Gasteiger partial charge in [0, 0.05) is 29.2 Å². The Morgan fingerprint density at radius 2 is 1.49 bits per heavy atom. The minimum atomic E-state index is -0.742.